The van der Waals surface area contributed by atoms with Crippen molar-refractivity contribution < 1.29 is 21.9 Å². The van der Waals surface area contributed by atoms with Crippen LogP contribution in [0.1, 0.15) is 5.69 Å². The number of rotatable bonds is 8. The molecule has 112 valence electrons. The molecule has 0 aliphatic rings. The lowest BCUT2D eigenvalue weighted by Crippen LogP contribution is -2.28. The van der Waals surface area contributed by atoms with Crippen LogP contribution in [0.3, 0.4) is 0 Å². The van der Waals surface area contributed by atoms with Crippen LogP contribution in [-0.2, 0) is 14.8 Å². The minimum atomic E-state index is -3.77. The SMILES string of the molecule is NC(=S)c1ccc(S(=O)(=O)NCCOCC(F)F)cn1. The molecule has 0 atom stereocenters. The molecule has 0 aliphatic carbocycles. The fourth-order valence-corrected chi connectivity index (χ4v) is 2.27. The highest BCUT2D eigenvalue weighted by molar-refractivity contribution is 7.89. The largest absolute Gasteiger partial charge is 0.388 e. The zero-order chi connectivity index (χ0) is 15.2. The molecule has 0 fully saturated rings. The van der Waals surface area contributed by atoms with Gasteiger partial charge in [0.25, 0.3) is 6.43 Å². The Morgan fingerprint density at radius 3 is 2.70 bits per heavy atom. The number of ether oxygens (including phenoxy) is 1. The van der Waals surface area contributed by atoms with Gasteiger partial charge < -0.3 is 10.5 Å². The van der Waals surface area contributed by atoms with Crippen molar-refractivity contribution in [3.63, 3.8) is 0 Å². The number of nitrogens with zero attached hydrogens (tertiary/aromatic N) is 1. The number of hydrogen-bond donors (Lipinski definition) is 2. The third-order valence-electron chi connectivity index (χ3n) is 2.08. The molecule has 0 aromatic carbocycles. The maximum atomic E-state index is 11.8. The summed E-state index contributed by atoms with van der Waals surface area (Å²) in [7, 11) is -3.77. The fraction of sp³-hybridized carbons (Fsp3) is 0.400. The molecule has 20 heavy (non-hydrogen) atoms. The Morgan fingerprint density at radius 2 is 2.20 bits per heavy atom. The van der Waals surface area contributed by atoms with Crippen LogP contribution in [0.15, 0.2) is 23.2 Å². The first-order chi connectivity index (χ1) is 9.33. The van der Waals surface area contributed by atoms with Gasteiger partial charge in [-0.25, -0.2) is 21.9 Å². The van der Waals surface area contributed by atoms with Crippen LogP contribution in [0.2, 0.25) is 0 Å². The second-order valence-corrected chi connectivity index (χ2v) is 5.81. The zero-order valence-electron chi connectivity index (χ0n) is 10.3. The Balaban J connectivity index is 2.54. The maximum absolute atomic E-state index is 11.8. The highest BCUT2D eigenvalue weighted by Crippen LogP contribution is 2.07. The lowest BCUT2D eigenvalue weighted by atomic mass is 10.3. The van der Waals surface area contributed by atoms with E-state index in [0.29, 0.717) is 5.69 Å². The summed E-state index contributed by atoms with van der Waals surface area (Å²) in [6.45, 7) is -1.00. The Morgan fingerprint density at radius 1 is 1.50 bits per heavy atom. The first-order valence-corrected chi connectivity index (χ1v) is 7.33. The van der Waals surface area contributed by atoms with Gasteiger partial charge in [-0.2, -0.15) is 0 Å². The molecule has 1 rings (SSSR count). The average molecular weight is 325 g/mol. The van der Waals surface area contributed by atoms with Crippen molar-refractivity contribution in [1.82, 2.24) is 9.71 Å². The molecule has 1 aromatic heterocycles. The number of thiocarbonyl (C=S) groups is 1. The van der Waals surface area contributed by atoms with Crippen LogP contribution < -0.4 is 10.5 Å². The number of hydrogen-bond acceptors (Lipinski definition) is 5. The van der Waals surface area contributed by atoms with Crippen molar-refractivity contribution in [2.75, 3.05) is 19.8 Å². The predicted molar refractivity (Wildman–Crippen MR) is 72.1 cm³/mol. The van der Waals surface area contributed by atoms with Crippen molar-refractivity contribution in [3.8, 4) is 0 Å². The summed E-state index contributed by atoms with van der Waals surface area (Å²) in [6.07, 6.45) is -1.47. The first-order valence-electron chi connectivity index (χ1n) is 5.44. The first kappa shape index (κ1) is 16.8. The van der Waals surface area contributed by atoms with Crippen LogP contribution in [0.4, 0.5) is 8.78 Å². The van der Waals surface area contributed by atoms with Gasteiger partial charge in [-0.05, 0) is 12.1 Å². The fourth-order valence-electron chi connectivity index (χ4n) is 1.19. The number of halogens is 2. The third-order valence-corrected chi connectivity index (χ3v) is 3.74. The minimum absolute atomic E-state index is 0.0577. The highest BCUT2D eigenvalue weighted by atomic mass is 32.2. The minimum Gasteiger partial charge on any atom is -0.388 e. The van der Waals surface area contributed by atoms with Gasteiger partial charge in [-0.3, -0.25) is 4.98 Å². The molecule has 0 aliphatic heterocycles. The molecule has 6 nitrogen and oxygen atoms in total. The zero-order valence-corrected chi connectivity index (χ0v) is 11.9. The lowest BCUT2D eigenvalue weighted by molar-refractivity contribution is 0.0199. The molecule has 1 aromatic rings. The van der Waals surface area contributed by atoms with E-state index in [1.165, 1.54) is 12.1 Å². The molecular formula is C10H13F2N3O3S2. The van der Waals surface area contributed by atoms with Crippen molar-refractivity contribution in [2.45, 2.75) is 11.3 Å². The second kappa shape index (κ2) is 7.53. The van der Waals surface area contributed by atoms with E-state index in [2.05, 4.69) is 14.4 Å². The summed E-state index contributed by atoms with van der Waals surface area (Å²) in [6, 6.07) is 2.67. The lowest BCUT2D eigenvalue weighted by Gasteiger charge is -2.07. The molecule has 0 radical (unpaired) electrons. The molecule has 0 spiro atoms. The normalized spacial score (nSPS) is 11.8. The summed E-state index contributed by atoms with van der Waals surface area (Å²) in [5.41, 5.74) is 5.64. The van der Waals surface area contributed by atoms with E-state index in [4.69, 9.17) is 18.0 Å². The Kier molecular flexibility index (Phi) is 6.33. The van der Waals surface area contributed by atoms with Crippen LogP contribution in [0, 0.1) is 0 Å². The number of nitrogens with two attached hydrogens (primary N) is 1. The number of sulfonamides is 1. The standard InChI is InChI=1S/C10H13F2N3O3S2/c11-9(12)6-18-4-3-15-20(16,17)7-1-2-8(10(13)19)14-5-7/h1-2,5,9,15H,3-4,6H2,(H2,13,19). The summed E-state index contributed by atoms with van der Waals surface area (Å²) in [5.74, 6) is 0. The van der Waals surface area contributed by atoms with E-state index in [-0.39, 0.29) is 23.0 Å². The molecular weight excluding hydrogens is 312 g/mol. The van der Waals surface area contributed by atoms with E-state index in [1.54, 1.807) is 0 Å². The number of alkyl halides is 2. The van der Waals surface area contributed by atoms with Gasteiger partial charge in [0.1, 0.15) is 16.5 Å². The van der Waals surface area contributed by atoms with Crippen LogP contribution in [-0.4, -0.2) is 44.6 Å². The van der Waals surface area contributed by atoms with Crippen LogP contribution >= 0.6 is 12.2 Å². The summed E-state index contributed by atoms with van der Waals surface area (Å²) in [4.78, 5) is 3.78. The number of pyridine rings is 1. The van der Waals surface area contributed by atoms with E-state index < -0.39 is 23.1 Å². The summed E-state index contributed by atoms with van der Waals surface area (Å²) >= 11 is 4.69. The molecule has 0 saturated carbocycles. The van der Waals surface area contributed by atoms with E-state index in [1.807, 2.05) is 0 Å². The van der Waals surface area contributed by atoms with Gasteiger partial charge >= 0.3 is 0 Å². The average Bonchev–Trinajstić information content (AvgIpc) is 2.38. The van der Waals surface area contributed by atoms with Crippen molar-refractivity contribution >= 4 is 27.2 Å². The molecule has 10 heteroatoms. The van der Waals surface area contributed by atoms with E-state index >= 15 is 0 Å². The molecule has 0 bridgehead atoms. The topological polar surface area (TPSA) is 94.3 Å². The van der Waals surface area contributed by atoms with E-state index in [0.717, 1.165) is 6.20 Å². The molecule has 0 unspecified atom stereocenters. The number of nitrogens with one attached hydrogen (secondary N) is 1. The van der Waals surface area contributed by atoms with Crippen LogP contribution in [0.5, 0.6) is 0 Å². The van der Waals surface area contributed by atoms with Gasteiger partial charge in [0.05, 0.1) is 12.3 Å². The van der Waals surface area contributed by atoms with Gasteiger partial charge in [-0.15, -0.1) is 0 Å². The van der Waals surface area contributed by atoms with Crippen molar-refractivity contribution in [2.24, 2.45) is 5.73 Å². The van der Waals surface area contributed by atoms with Gasteiger partial charge in [0, 0.05) is 12.7 Å². The van der Waals surface area contributed by atoms with Crippen molar-refractivity contribution in [3.05, 3.63) is 24.0 Å². The number of aromatic nitrogens is 1. The summed E-state index contributed by atoms with van der Waals surface area (Å²) < 4.78 is 53.9. The highest BCUT2D eigenvalue weighted by Gasteiger charge is 2.14. The Hall–Kier alpha value is -1.23. The van der Waals surface area contributed by atoms with E-state index in [9.17, 15) is 17.2 Å². The van der Waals surface area contributed by atoms with Crippen LogP contribution in [0.25, 0.3) is 0 Å². The predicted octanol–water partition coefficient (Wildman–Crippen LogP) is 0.276. The maximum Gasteiger partial charge on any atom is 0.261 e. The quantitative estimate of drug-likeness (QED) is 0.526. The molecule has 0 amide bonds. The summed E-state index contributed by atoms with van der Waals surface area (Å²) in [5, 5.41) is 0. The van der Waals surface area contributed by atoms with Gasteiger partial charge in [0.15, 0.2) is 0 Å². The monoisotopic (exact) mass is 325 g/mol. The van der Waals surface area contributed by atoms with Crippen molar-refractivity contribution in [1.29, 1.82) is 0 Å². The Bertz CT molecular complexity index is 549. The second-order valence-electron chi connectivity index (χ2n) is 3.61. The van der Waals surface area contributed by atoms with Gasteiger partial charge in [0.2, 0.25) is 10.0 Å². The smallest absolute Gasteiger partial charge is 0.261 e. The molecule has 1 heterocycles. The Labute approximate surface area is 120 Å². The molecule has 3 N–H and O–H groups in total. The van der Waals surface area contributed by atoms with Gasteiger partial charge in [-0.1, -0.05) is 12.2 Å². The third kappa shape index (κ3) is 5.41. The molecule has 0 saturated heterocycles.